The first-order valence-electron chi connectivity index (χ1n) is 18.9. The number of hydrogen-bond acceptors (Lipinski definition) is 3. The van der Waals surface area contributed by atoms with E-state index in [4.69, 9.17) is 15.0 Å². The Morgan fingerprint density at radius 1 is 0.382 bits per heavy atom. The zero-order valence-corrected chi connectivity index (χ0v) is 30.0. The molecule has 11 rings (SSSR count). The Labute approximate surface area is 318 Å². The van der Waals surface area contributed by atoms with Crippen LogP contribution in [0.25, 0.3) is 99.5 Å². The normalized spacial score (nSPS) is 13.0. The molecule has 1 aliphatic rings. The second kappa shape index (κ2) is 12.8. The first-order valence-corrected chi connectivity index (χ1v) is 18.9. The molecule has 8 aromatic carbocycles. The van der Waals surface area contributed by atoms with Gasteiger partial charge in [-0.05, 0) is 69.8 Å². The average molecular weight is 703 g/mol. The molecule has 0 saturated heterocycles. The summed E-state index contributed by atoms with van der Waals surface area (Å²) in [5.74, 6) is 1.94. The molecule has 10 aromatic rings. The van der Waals surface area contributed by atoms with Gasteiger partial charge in [-0.3, -0.25) is 0 Å². The molecule has 0 unspecified atom stereocenters. The molecule has 0 atom stereocenters. The molecular formula is C51H34N4. The highest BCUT2D eigenvalue weighted by Crippen LogP contribution is 2.44. The van der Waals surface area contributed by atoms with Crippen LogP contribution in [0, 0.1) is 0 Å². The topological polar surface area (TPSA) is 43.6 Å². The number of hydrogen-bond donors (Lipinski definition) is 0. The maximum Gasteiger partial charge on any atom is 0.164 e. The standard InChI is InChI=1S/C51H34N4/c1-3-13-33(14-4-1)34-23-25-37(26-24-34)50-52-49(36-16-5-2-6-17-36)53-51(54-50)38-27-30-39(31-28-38)55-47-40-18-8-7-15-35(40)29-32-45(47)46-43-21-11-9-19-41(43)42-20-10-12-22-44(42)48(46)55/h2-3,5-32H,1,4H2. The van der Waals surface area contributed by atoms with Gasteiger partial charge in [-0.15, -0.1) is 0 Å². The molecule has 0 aliphatic heterocycles. The molecule has 0 saturated carbocycles. The molecule has 0 spiro atoms. The number of benzene rings is 8. The smallest absolute Gasteiger partial charge is 0.164 e. The lowest BCUT2D eigenvalue weighted by atomic mass is 9.96. The third kappa shape index (κ3) is 5.18. The fourth-order valence-electron chi connectivity index (χ4n) is 8.44. The molecular weight excluding hydrogens is 669 g/mol. The predicted molar refractivity (Wildman–Crippen MR) is 229 cm³/mol. The first kappa shape index (κ1) is 31.4. The Balaban J connectivity index is 1.11. The summed E-state index contributed by atoms with van der Waals surface area (Å²) in [4.78, 5) is 15.1. The van der Waals surface area contributed by atoms with E-state index in [1.54, 1.807) is 0 Å². The summed E-state index contributed by atoms with van der Waals surface area (Å²) in [7, 11) is 0. The number of allylic oxidation sites excluding steroid dienone is 4. The Kier molecular flexibility index (Phi) is 7.27. The van der Waals surface area contributed by atoms with Gasteiger partial charge in [0.15, 0.2) is 17.5 Å². The molecule has 0 radical (unpaired) electrons. The zero-order valence-electron chi connectivity index (χ0n) is 30.0. The van der Waals surface area contributed by atoms with Gasteiger partial charge in [-0.1, -0.05) is 158 Å². The number of aromatic nitrogens is 4. The summed E-state index contributed by atoms with van der Waals surface area (Å²) in [6, 6.07) is 58.4. The van der Waals surface area contributed by atoms with Crippen molar-refractivity contribution in [3.8, 4) is 39.9 Å². The quantitative estimate of drug-likeness (QED) is 0.168. The van der Waals surface area contributed by atoms with Gasteiger partial charge in [0, 0.05) is 43.9 Å². The lowest BCUT2D eigenvalue weighted by Gasteiger charge is -2.14. The summed E-state index contributed by atoms with van der Waals surface area (Å²) < 4.78 is 2.47. The van der Waals surface area contributed by atoms with Crippen molar-refractivity contribution in [1.29, 1.82) is 0 Å². The lowest BCUT2D eigenvalue weighted by molar-refractivity contribution is 1.04. The molecule has 1 aliphatic carbocycles. The van der Waals surface area contributed by atoms with Crippen LogP contribution < -0.4 is 0 Å². The molecule has 0 bridgehead atoms. The van der Waals surface area contributed by atoms with Crippen LogP contribution in [0.1, 0.15) is 18.4 Å². The van der Waals surface area contributed by atoms with Crippen LogP contribution in [0.5, 0.6) is 0 Å². The molecule has 0 amide bonds. The van der Waals surface area contributed by atoms with Gasteiger partial charge >= 0.3 is 0 Å². The molecule has 4 nitrogen and oxygen atoms in total. The van der Waals surface area contributed by atoms with Crippen molar-refractivity contribution in [2.24, 2.45) is 0 Å². The summed E-state index contributed by atoms with van der Waals surface area (Å²) in [5, 5.41) is 9.98. The zero-order chi connectivity index (χ0) is 36.3. The van der Waals surface area contributed by atoms with Crippen molar-refractivity contribution >= 4 is 59.7 Å². The third-order valence-electron chi connectivity index (χ3n) is 11.0. The van der Waals surface area contributed by atoms with Crippen LogP contribution in [0.3, 0.4) is 0 Å². The van der Waals surface area contributed by atoms with Crippen molar-refractivity contribution in [2.45, 2.75) is 12.8 Å². The minimum atomic E-state index is 0.640. The van der Waals surface area contributed by atoms with Crippen LogP contribution in [-0.4, -0.2) is 19.5 Å². The molecule has 0 N–H and O–H groups in total. The Morgan fingerprint density at radius 3 is 1.60 bits per heavy atom. The van der Waals surface area contributed by atoms with Gasteiger partial charge in [0.2, 0.25) is 0 Å². The summed E-state index contributed by atoms with van der Waals surface area (Å²) in [6.45, 7) is 0. The number of fused-ring (bicyclic) bond motifs is 10. The van der Waals surface area contributed by atoms with Crippen molar-refractivity contribution in [3.05, 3.63) is 188 Å². The van der Waals surface area contributed by atoms with E-state index in [-0.39, 0.29) is 0 Å². The highest BCUT2D eigenvalue weighted by atomic mass is 15.0. The Morgan fingerprint density at radius 2 is 0.927 bits per heavy atom. The van der Waals surface area contributed by atoms with Crippen molar-refractivity contribution in [3.63, 3.8) is 0 Å². The SMILES string of the molecule is C1=CC(c2ccc(-c3nc(-c4ccccc4)nc(-c4ccc(-n5c6c7ccccc7ccc6c6c7ccccc7c7ccccc7c65)cc4)n3)cc2)=CCC1. The van der Waals surface area contributed by atoms with E-state index in [1.807, 2.05) is 18.2 Å². The van der Waals surface area contributed by atoms with Crippen LogP contribution in [-0.2, 0) is 0 Å². The van der Waals surface area contributed by atoms with Gasteiger partial charge in [0.05, 0.1) is 11.0 Å². The molecule has 0 fully saturated rings. The molecule has 2 aromatic heterocycles. The van der Waals surface area contributed by atoms with Gasteiger partial charge in [0.1, 0.15) is 0 Å². The number of nitrogens with zero attached hydrogens (tertiary/aromatic N) is 4. The molecule has 4 heteroatoms. The summed E-state index contributed by atoms with van der Waals surface area (Å²) in [5.41, 5.74) is 8.80. The highest BCUT2D eigenvalue weighted by Gasteiger charge is 2.21. The summed E-state index contributed by atoms with van der Waals surface area (Å²) in [6.07, 6.45) is 8.93. The monoisotopic (exact) mass is 702 g/mol. The van der Waals surface area contributed by atoms with Gasteiger partial charge in [-0.25, -0.2) is 15.0 Å². The van der Waals surface area contributed by atoms with Gasteiger partial charge in [0.25, 0.3) is 0 Å². The first-order chi connectivity index (χ1) is 27.3. The largest absolute Gasteiger partial charge is 0.308 e. The van der Waals surface area contributed by atoms with E-state index >= 15 is 0 Å². The predicted octanol–water partition coefficient (Wildman–Crippen LogP) is 13.2. The summed E-state index contributed by atoms with van der Waals surface area (Å²) >= 11 is 0. The highest BCUT2D eigenvalue weighted by molar-refractivity contribution is 6.34. The lowest BCUT2D eigenvalue weighted by Crippen LogP contribution is -2.01. The third-order valence-corrected chi connectivity index (χ3v) is 11.0. The van der Waals surface area contributed by atoms with Crippen molar-refractivity contribution in [2.75, 3.05) is 0 Å². The van der Waals surface area contributed by atoms with Gasteiger partial charge < -0.3 is 4.57 Å². The van der Waals surface area contributed by atoms with Crippen molar-refractivity contribution < 1.29 is 0 Å². The minimum Gasteiger partial charge on any atom is -0.308 e. The second-order valence-electron chi connectivity index (χ2n) is 14.3. The number of rotatable bonds is 5. The van der Waals surface area contributed by atoms with E-state index < -0.39 is 0 Å². The molecule has 2 heterocycles. The fourth-order valence-corrected chi connectivity index (χ4v) is 8.44. The average Bonchev–Trinajstić information content (AvgIpc) is 3.63. The maximum atomic E-state index is 5.09. The Hall–Kier alpha value is -7.17. The fraction of sp³-hybridized carbons (Fsp3) is 0.0392. The van der Waals surface area contributed by atoms with E-state index in [0.29, 0.717) is 17.5 Å². The van der Waals surface area contributed by atoms with Gasteiger partial charge in [-0.2, -0.15) is 0 Å². The van der Waals surface area contributed by atoms with Crippen LogP contribution in [0.4, 0.5) is 0 Å². The molecule has 258 valence electrons. The van der Waals surface area contributed by atoms with Crippen LogP contribution in [0.2, 0.25) is 0 Å². The van der Waals surface area contributed by atoms with E-state index in [1.165, 1.54) is 65.3 Å². The van der Waals surface area contributed by atoms with Crippen LogP contribution in [0.15, 0.2) is 182 Å². The van der Waals surface area contributed by atoms with Crippen molar-refractivity contribution in [1.82, 2.24) is 19.5 Å². The van der Waals surface area contributed by atoms with Crippen LogP contribution >= 0.6 is 0 Å². The van der Waals surface area contributed by atoms with E-state index in [0.717, 1.165) is 35.2 Å². The molecule has 55 heavy (non-hydrogen) atoms. The Bertz CT molecular complexity index is 3170. The maximum absolute atomic E-state index is 5.09. The minimum absolute atomic E-state index is 0.640. The van der Waals surface area contributed by atoms with E-state index in [2.05, 4.69) is 168 Å². The van der Waals surface area contributed by atoms with E-state index in [9.17, 15) is 0 Å². The second-order valence-corrected chi connectivity index (χ2v) is 14.3.